The number of allylic oxidation sites excluding steroid dienone is 1. The smallest absolute Gasteiger partial charge is 0.192 e. The molecule has 0 spiro atoms. The van der Waals surface area contributed by atoms with E-state index in [9.17, 15) is 0 Å². The number of hydrogen-bond acceptors (Lipinski definition) is 1. The third-order valence-electron chi connectivity index (χ3n) is 3.28. The Kier molecular flexibility index (Phi) is 7.45. The van der Waals surface area contributed by atoms with Gasteiger partial charge in [-0.25, -0.2) is 0 Å². The Morgan fingerprint density at radius 2 is 1.88 bits per heavy atom. The Bertz CT molecular complexity index is 218. The molecule has 0 saturated carbocycles. The van der Waals surface area contributed by atoms with Crippen LogP contribution in [0.2, 0.25) is 18.1 Å². The molecule has 0 heterocycles. The van der Waals surface area contributed by atoms with Gasteiger partial charge in [0.25, 0.3) is 0 Å². The van der Waals surface area contributed by atoms with E-state index < -0.39 is 8.32 Å². The normalized spacial score (nSPS) is 15.7. The molecule has 96 valence electrons. The van der Waals surface area contributed by atoms with Gasteiger partial charge in [-0.1, -0.05) is 62.4 Å². The quantitative estimate of drug-likeness (QED) is 0.277. The molecular formula is C13H27IOSi. The minimum absolute atomic E-state index is 0.303. The molecule has 0 aliphatic rings. The fourth-order valence-electron chi connectivity index (χ4n) is 1.12. The largest absolute Gasteiger partial charge is 0.411 e. The van der Waals surface area contributed by atoms with Crippen LogP contribution in [0.5, 0.6) is 0 Å². The van der Waals surface area contributed by atoms with Crippen molar-refractivity contribution >= 4 is 30.9 Å². The summed E-state index contributed by atoms with van der Waals surface area (Å²) in [5, 5.41) is 0.303. The van der Waals surface area contributed by atoms with Crippen LogP contribution in [0, 0.1) is 0 Å². The SMILES string of the molecule is CCC(C=CCCI)O[Si](C)(C)C(C)(C)C. The van der Waals surface area contributed by atoms with Gasteiger partial charge in [-0.3, -0.25) is 0 Å². The van der Waals surface area contributed by atoms with E-state index in [1.165, 1.54) is 4.43 Å². The maximum atomic E-state index is 6.35. The summed E-state index contributed by atoms with van der Waals surface area (Å²) in [7, 11) is -1.60. The van der Waals surface area contributed by atoms with E-state index >= 15 is 0 Å². The van der Waals surface area contributed by atoms with Gasteiger partial charge in [0.15, 0.2) is 8.32 Å². The van der Waals surface area contributed by atoms with Crippen molar-refractivity contribution < 1.29 is 4.43 Å². The zero-order valence-corrected chi connectivity index (χ0v) is 14.8. The van der Waals surface area contributed by atoms with Gasteiger partial charge in [-0.2, -0.15) is 0 Å². The van der Waals surface area contributed by atoms with Crippen molar-refractivity contribution in [3.05, 3.63) is 12.2 Å². The number of halogens is 1. The summed E-state index contributed by atoms with van der Waals surface area (Å²) < 4.78 is 7.53. The maximum absolute atomic E-state index is 6.35. The summed E-state index contributed by atoms with van der Waals surface area (Å²) in [6.45, 7) is 13.7. The Labute approximate surface area is 116 Å². The summed E-state index contributed by atoms with van der Waals surface area (Å²) in [4.78, 5) is 0. The average molecular weight is 354 g/mol. The molecule has 1 atom stereocenters. The lowest BCUT2D eigenvalue weighted by Crippen LogP contribution is -2.43. The standard InChI is InChI=1S/C13H27IOSi/c1-7-12(10-8-9-11-14)15-16(5,6)13(2,3)4/h8,10,12H,7,9,11H2,1-6H3. The van der Waals surface area contributed by atoms with Crippen molar-refractivity contribution in [3.8, 4) is 0 Å². The summed E-state index contributed by atoms with van der Waals surface area (Å²) in [6, 6.07) is 0. The Balaban J connectivity index is 4.42. The van der Waals surface area contributed by atoms with Crippen molar-refractivity contribution in [3.63, 3.8) is 0 Å². The third-order valence-corrected chi connectivity index (χ3v) is 8.41. The van der Waals surface area contributed by atoms with Gasteiger partial charge in [0.1, 0.15) is 0 Å². The molecule has 3 heteroatoms. The topological polar surface area (TPSA) is 9.23 Å². The van der Waals surface area contributed by atoms with Gasteiger partial charge in [0, 0.05) is 4.43 Å². The molecule has 0 aromatic carbocycles. The van der Waals surface area contributed by atoms with Gasteiger partial charge < -0.3 is 4.43 Å². The Morgan fingerprint density at radius 1 is 1.31 bits per heavy atom. The molecule has 0 aromatic rings. The molecule has 16 heavy (non-hydrogen) atoms. The number of alkyl halides is 1. The molecule has 0 saturated heterocycles. The highest BCUT2D eigenvalue weighted by Gasteiger charge is 2.38. The van der Waals surface area contributed by atoms with Crippen LogP contribution in [0.3, 0.4) is 0 Å². The molecule has 0 radical (unpaired) electrons. The predicted octanol–water partition coefficient (Wildman–Crippen LogP) is 5.17. The average Bonchev–Trinajstić information content (AvgIpc) is 2.14. The van der Waals surface area contributed by atoms with Crippen LogP contribution in [0.1, 0.15) is 40.5 Å². The fraction of sp³-hybridized carbons (Fsp3) is 0.846. The van der Waals surface area contributed by atoms with E-state index in [1.54, 1.807) is 0 Å². The van der Waals surface area contributed by atoms with Gasteiger partial charge >= 0.3 is 0 Å². The summed E-state index contributed by atoms with van der Waals surface area (Å²) in [6.07, 6.45) is 7.04. The van der Waals surface area contributed by atoms with E-state index in [0.717, 1.165) is 12.8 Å². The van der Waals surface area contributed by atoms with Gasteiger partial charge in [0.2, 0.25) is 0 Å². The second-order valence-corrected chi connectivity index (χ2v) is 11.6. The second kappa shape index (κ2) is 7.16. The molecule has 1 nitrogen and oxygen atoms in total. The van der Waals surface area contributed by atoms with E-state index in [-0.39, 0.29) is 0 Å². The second-order valence-electron chi connectivity index (χ2n) is 5.73. The number of rotatable bonds is 6. The monoisotopic (exact) mass is 354 g/mol. The molecule has 0 fully saturated rings. The van der Waals surface area contributed by atoms with Crippen LogP contribution in [0.25, 0.3) is 0 Å². The van der Waals surface area contributed by atoms with Crippen molar-refractivity contribution in [2.24, 2.45) is 0 Å². The minimum atomic E-state index is -1.60. The summed E-state index contributed by atoms with van der Waals surface area (Å²) in [5.74, 6) is 0. The van der Waals surface area contributed by atoms with Crippen LogP contribution in [-0.4, -0.2) is 18.8 Å². The first kappa shape index (κ1) is 16.6. The van der Waals surface area contributed by atoms with Gasteiger partial charge in [-0.05, 0) is 31.0 Å². The highest BCUT2D eigenvalue weighted by Crippen LogP contribution is 2.37. The molecule has 0 aliphatic carbocycles. The molecule has 0 rings (SSSR count). The molecule has 0 N–H and O–H groups in total. The van der Waals surface area contributed by atoms with E-state index in [1.807, 2.05) is 0 Å². The highest BCUT2D eigenvalue weighted by molar-refractivity contribution is 14.1. The first-order valence-corrected chi connectivity index (χ1v) is 10.6. The van der Waals surface area contributed by atoms with Crippen molar-refractivity contribution in [2.45, 2.75) is 64.8 Å². The lowest BCUT2D eigenvalue weighted by molar-refractivity contribution is 0.220. The first-order valence-electron chi connectivity index (χ1n) is 6.15. The molecular weight excluding hydrogens is 327 g/mol. The third kappa shape index (κ3) is 5.82. The van der Waals surface area contributed by atoms with Crippen LogP contribution in [0.15, 0.2) is 12.2 Å². The molecule has 0 bridgehead atoms. The zero-order valence-electron chi connectivity index (χ0n) is 11.6. The molecule has 0 amide bonds. The zero-order chi connectivity index (χ0) is 12.8. The van der Waals surface area contributed by atoms with Crippen LogP contribution >= 0.6 is 22.6 Å². The number of hydrogen-bond donors (Lipinski definition) is 0. The summed E-state index contributed by atoms with van der Waals surface area (Å²) >= 11 is 2.40. The van der Waals surface area contributed by atoms with Crippen LogP contribution < -0.4 is 0 Å². The summed E-state index contributed by atoms with van der Waals surface area (Å²) in [5.41, 5.74) is 0. The maximum Gasteiger partial charge on any atom is 0.192 e. The first-order chi connectivity index (χ1) is 7.24. The van der Waals surface area contributed by atoms with Gasteiger partial charge in [0.05, 0.1) is 6.10 Å². The van der Waals surface area contributed by atoms with Crippen molar-refractivity contribution in [1.29, 1.82) is 0 Å². The van der Waals surface area contributed by atoms with Gasteiger partial charge in [-0.15, -0.1) is 0 Å². The molecule has 1 unspecified atom stereocenters. The predicted molar refractivity (Wildman–Crippen MR) is 85.0 cm³/mol. The van der Waals surface area contributed by atoms with Crippen LogP contribution in [0.4, 0.5) is 0 Å². The van der Waals surface area contributed by atoms with Crippen molar-refractivity contribution in [1.82, 2.24) is 0 Å². The lowest BCUT2D eigenvalue weighted by atomic mass is 10.2. The van der Waals surface area contributed by atoms with E-state index in [4.69, 9.17) is 4.43 Å². The Morgan fingerprint density at radius 3 is 2.25 bits per heavy atom. The minimum Gasteiger partial charge on any atom is -0.411 e. The fourth-order valence-corrected chi connectivity index (χ4v) is 2.84. The van der Waals surface area contributed by atoms with Crippen LogP contribution in [-0.2, 0) is 4.43 Å². The van der Waals surface area contributed by atoms with E-state index in [0.29, 0.717) is 11.1 Å². The lowest BCUT2D eigenvalue weighted by Gasteiger charge is -2.38. The van der Waals surface area contributed by atoms with E-state index in [2.05, 4.69) is 75.5 Å². The molecule has 0 aliphatic heterocycles. The highest BCUT2D eigenvalue weighted by atomic mass is 127. The van der Waals surface area contributed by atoms with Crippen molar-refractivity contribution in [2.75, 3.05) is 4.43 Å². The Hall–Kier alpha value is 0.647. The molecule has 0 aromatic heterocycles.